The Morgan fingerprint density at radius 1 is 0.580 bits per heavy atom. The van der Waals surface area contributed by atoms with E-state index in [1.807, 2.05) is 0 Å². The van der Waals surface area contributed by atoms with E-state index in [-0.39, 0.29) is 0 Å². The molecule has 0 fully saturated rings. The van der Waals surface area contributed by atoms with Crippen LogP contribution >= 0.6 is 0 Å². The first-order valence-corrected chi connectivity index (χ1v) is 18.9. The predicted octanol–water partition coefficient (Wildman–Crippen LogP) is 13.2. The molecule has 0 saturated heterocycles. The first kappa shape index (κ1) is 30.9. The van der Waals surface area contributed by atoms with Crippen LogP contribution in [0, 0.1) is 5.92 Å². The van der Waals surface area contributed by atoms with E-state index in [0.29, 0.717) is 11.8 Å². The van der Waals surface area contributed by atoms with Crippen molar-refractivity contribution >= 4 is 22.7 Å². The second kappa shape index (κ2) is 13.7. The fourth-order valence-electron chi connectivity index (χ4n) is 9.00. The largest absolute Gasteiger partial charge is 0.314 e. The summed E-state index contributed by atoms with van der Waals surface area (Å²) in [6, 6.07) is 28.8. The van der Waals surface area contributed by atoms with Crippen LogP contribution in [0.1, 0.15) is 75.7 Å². The third-order valence-electron chi connectivity index (χ3n) is 11.6. The first-order valence-electron chi connectivity index (χ1n) is 18.9. The molecule has 0 N–H and O–H groups in total. The number of hydrogen-bond donors (Lipinski definition) is 0. The van der Waals surface area contributed by atoms with Crippen LogP contribution in [0.15, 0.2) is 185 Å². The lowest BCUT2D eigenvalue weighted by Gasteiger charge is -2.33. The van der Waals surface area contributed by atoms with E-state index in [4.69, 9.17) is 0 Å². The maximum absolute atomic E-state index is 2.59. The summed E-state index contributed by atoms with van der Waals surface area (Å²) in [4.78, 5) is 4.98. The number of anilines is 4. The Morgan fingerprint density at radius 3 is 1.90 bits per heavy atom. The van der Waals surface area contributed by atoms with Crippen molar-refractivity contribution in [2.24, 2.45) is 5.92 Å². The van der Waals surface area contributed by atoms with E-state index in [1.54, 1.807) is 22.3 Å². The molecule has 1 heterocycles. The second-order valence-electron chi connectivity index (χ2n) is 14.5. The van der Waals surface area contributed by atoms with Gasteiger partial charge in [0.1, 0.15) is 0 Å². The SMILES string of the molecule is C1=CCCC(C2=CC=C(C3=CC=C(C4CC=C5C(C4)c4ccc(N(c6ccccc6)c6ccccc6)cc4N5C4=CCCC=C4)CC3)CC2)=C1. The van der Waals surface area contributed by atoms with Crippen LogP contribution in [0.2, 0.25) is 0 Å². The Labute approximate surface area is 298 Å². The Bertz CT molecular complexity index is 2020. The number of allylic oxidation sites excluding steroid dienone is 17. The Balaban J connectivity index is 1.02. The first-order chi connectivity index (χ1) is 24.8. The van der Waals surface area contributed by atoms with Crippen molar-refractivity contribution in [1.82, 2.24) is 0 Å². The molecular weight excluding hydrogens is 605 g/mol. The maximum Gasteiger partial charge on any atom is 0.0518 e. The van der Waals surface area contributed by atoms with E-state index >= 15 is 0 Å². The van der Waals surface area contributed by atoms with E-state index < -0.39 is 0 Å². The van der Waals surface area contributed by atoms with Crippen LogP contribution in [-0.4, -0.2) is 0 Å². The molecule has 2 unspecified atom stereocenters. The summed E-state index contributed by atoms with van der Waals surface area (Å²) in [5, 5.41) is 0. The Morgan fingerprint density at radius 2 is 1.28 bits per heavy atom. The zero-order chi connectivity index (χ0) is 33.3. The highest BCUT2D eigenvalue weighted by atomic mass is 15.2. The van der Waals surface area contributed by atoms with Crippen LogP contribution in [0.25, 0.3) is 0 Å². The standard InChI is InChI=1S/C48H46N2/c1-5-13-35(14-6-1)36-21-23-37(24-22-36)38-25-27-39(28-26-38)40-29-32-47-46(33-40)45-31-30-44(34-48(45)50(47)43-19-11-4-12-20-43)49(41-15-7-2-8-16-41)42-17-9-3-10-18-42/h1-3,5,7-11,13,15-21,23,25,27,30-32,34,40,46H,4,6,12,14,22,24,26,28-29,33H2. The summed E-state index contributed by atoms with van der Waals surface area (Å²) >= 11 is 0. The number of rotatable bonds is 7. The third-order valence-corrected chi connectivity index (χ3v) is 11.6. The highest BCUT2D eigenvalue weighted by molar-refractivity contribution is 5.83. The molecule has 2 atom stereocenters. The van der Waals surface area contributed by atoms with E-state index in [1.165, 1.54) is 90.2 Å². The van der Waals surface area contributed by atoms with Crippen molar-refractivity contribution in [2.75, 3.05) is 9.80 Å². The van der Waals surface area contributed by atoms with Crippen molar-refractivity contribution in [3.8, 4) is 0 Å². The van der Waals surface area contributed by atoms with Gasteiger partial charge in [-0.3, -0.25) is 0 Å². The van der Waals surface area contributed by atoms with Gasteiger partial charge in [-0.25, -0.2) is 0 Å². The fraction of sp³-hybridized carbons (Fsp3) is 0.250. The molecule has 2 heteroatoms. The number of hydrogen-bond acceptors (Lipinski definition) is 2. The van der Waals surface area contributed by atoms with E-state index in [9.17, 15) is 0 Å². The van der Waals surface area contributed by atoms with Gasteiger partial charge in [0.25, 0.3) is 0 Å². The minimum absolute atomic E-state index is 0.413. The lowest BCUT2D eigenvalue weighted by atomic mass is 9.75. The second-order valence-corrected chi connectivity index (χ2v) is 14.5. The van der Waals surface area contributed by atoms with Gasteiger partial charge in [0, 0.05) is 34.4 Å². The topological polar surface area (TPSA) is 6.48 Å². The molecule has 0 aromatic heterocycles. The van der Waals surface area contributed by atoms with E-state index in [0.717, 1.165) is 19.3 Å². The van der Waals surface area contributed by atoms with Gasteiger partial charge in [-0.15, -0.1) is 0 Å². The Kier molecular flexibility index (Phi) is 8.46. The zero-order valence-electron chi connectivity index (χ0n) is 29.0. The van der Waals surface area contributed by atoms with Crippen LogP contribution in [0.3, 0.4) is 0 Å². The quantitative estimate of drug-likeness (QED) is 0.251. The molecule has 6 aliphatic rings. The molecule has 1 aliphatic heterocycles. The molecule has 248 valence electrons. The number of benzene rings is 3. The highest BCUT2D eigenvalue weighted by Gasteiger charge is 2.40. The molecule has 0 saturated carbocycles. The molecule has 2 nitrogen and oxygen atoms in total. The molecule has 0 amide bonds. The average Bonchev–Trinajstić information content (AvgIpc) is 3.53. The molecule has 3 aromatic rings. The monoisotopic (exact) mass is 650 g/mol. The molecule has 0 bridgehead atoms. The summed E-state index contributed by atoms with van der Waals surface area (Å²) < 4.78 is 0. The predicted molar refractivity (Wildman–Crippen MR) is 211 cm³/mol. The summed E-state index contributed by atoms with van der Waals surface area (Å²) in [7, 11) is 0. The number of nitrogens with zero attached hydrogens (tertiary/aromatic N) is 2. The molecule has 50 heavy (non-hydrogen) atoms. The molecule has 0 spiro atoms. The van der Waals surface area contributed by atoms with E-state index in [2.05, 4.69) is 155 Å². The van der Waals surface area contributed by atoms with Crippen molar-refractivity contribution in [1.29, 1.82) is 0 Å². The average molecular weight is 651 g/mol. The summed E-state index contributed by atoms with van der Waals surface area (Å²) in [5.41, 5.74) is 17.0. The lowest BCUT2D eigenvalue weighted by molar-refractivity contribution is 0.484. The minimum atomic E-state index is 0.413. The van der Waals surface area contributed by atoms with Gasteiger partial charge in [0.2, 0.25) is 0 Å². The van der Waals surface area contributed by atoms with Gasteiger partial charge in [-0.2, -0.15) is 0 Å². The van der Waals surface area contributed by atoms with Crippen molar-refractivity contribution in [2.45, 2.75) is 70.1 Å². The summed E-state index contributed by atoms with van der Waals surface area (Å²) in [6.45, 7) is 0. The van der Waals surface area contributed by atoms with Gasteiger partial charge in [0.15, 0.2) is 0 Å². The third kappa shape index (κ3) is 5.92. The van der Waals surface area contributed by atoms with Crippen molar-refractivity contribution in [3.05, 3.63) is 191 Å². The normalized spacial score (nSPS) is 22.6. The van der Waals surface area contributed by atoms with Gasteiger partial charge < -0.3 is 9.80 Å². The van der Waals surface area contributed by atoms with Crippen molar-refractivity contribution in [3.63, 3.8) is 0 Å². The number of para-hydroxylation sites is 2. The lowest BCUT2D eigenvalue weighted by Crippen LogP contribution is -2.23. The van der Waals surface area contributed by atoms with Gasteiger partial charge in [-0.1, -0.05) is 109 Å². The van der Waals surface area contributed by atoms with Gasteiger partial charge in [-0.05, 0) is 140 Å². The van der Waals surface area contributed by atoms with Crippen LogP contribution in [0.5, 0.6) is 0 Å². The summed E-state index contributed by atoms with van der Waals surface area (Å²) in [6.07, 6.45) is 37.9. The van der Waals surface area contributed by atoms with Gasteiger partial charge >= 0.3 is 0 Å². The van der Waals surface area contributed by atoms with Crippen LogP contribution in [-0.2, 0) is 0 Å². The molecule has 0 radical (unpaired) electrons. The van der Waals surface area contributed by atoms with Crippen LogP contribution in [0.4, 0.5) is 22.7 Å². The minimum Gasteiger partial charge on any atom is -0.314 e. The molecule has 9 rings (SSSR count). The Hall–Kier alpha value is -5.08. The molecule has 3 aromatic carbocycles. The number of fused-ring (bicyclic) bond motifs is 3. The zero-order valence-corrected chi connectivity index (χ0v) is 29.0. The van der Waals surface area contributed by atoms with Crippen molar-refractivity contribution < 1.29 is 0 Å². The van der Waals surface area contributed by atoms with Crippen LogP contribution < -0.4 is 9.80 Å². The fourth-order valence-corrected chi connectivity index (χ4v) is 9.00. The molecular formula is C48H46N2. The molecule has 5 aliphatic carbocycles. The smallest absolute Gasteiger partial charge is 0.0518 e. The highest BCUT2D eigenvalue weighted by Crippen LogP contribution is 2.54. The maximum atomic E-state index is 2.59. The summed E-state index contributed by atoms with van der Waals surface area (Å²) in [5.74, 6) is 1.00. The van der Waals surface area contributed by atoms with Gasteiger partial charge in [0.05, 0.1) is 5.69 Å².